The van der Waals surface area contributed by atoms with Gasteiger partial charge in [-0.25, -0.2) is 0 Å². The van der Waals surface area contributed by atoms with Crippen LogP contribution in [0.1, 0.15) is 51.0 Å². The smallest absolute Gasteiger partial charge is 0.0263 e. The molecule has 1 saturated carbocycles. The topological polar surface area (TPSA) is 0 Å². The van der Waals surface area contributed by atoms with Crippen molar-refractivity contribution >= 4 is 6.08 Å². The lowest BCUT2D eigenvalue weighted by atomic mass is 9.88. The molecule has 0 bridgehead atoms. The molecule has 1 aromatic carbocycles. The van der Waals surface area contributed by atoms with Gasteiger partial charge >= 0.3 is 0 Å². The maximum atomic E-state index is 3.63. The molecule has 0 amide bonds. The summed E-state index contributed by atoms with van der Waals surface area (Å²) in [5.41, 5.74) is 1.17. The van der Waals surface area contributed by atoms with Gasteiger partial charge in [-0.3, -0.25) is 0 Å². The second kappa shape index (κ2) is 8.15. The van der Waals surface area contributed by atoms with Crippen LogP contribution in [0.25, 0.3) is 6.08 Å². The van der Waals surface area contributed by atoms with E-state index >= 15 is 0 Å². The van der Waals surface area contributed by atoms with E-state index in [1.54, 1.807) is 0 Å². The monoisotopic (exact) mass is 216 g/mol. The molecular weight excluding hydrogens is 192 g/mol. The summed E-state index contributed by atoms with van der Waals surface area (Å²) < 4.78 is 0. The Hall–Kier alpha value is -1.04. The van der Waals surface area contributed by atoms with Crippen LogP contribution in [0.2, 0.25) is 0 Å². The van der Waals surface area contributed by atoms with Crippen LogP contribution < -0.4 is 0 Å². The van der Waals surface area contributed by atoms with Crippen molar-refractivity contribution in [3.63, 3.8) is 0 Å². The fourth-order valence-electron chi connectivity index (χ4n) is 2.18. The maximum absolute atomic E-state index is 3.63. The Bertz CT molecular complexity index is 267. The number of hydrogen-bond acceptors (Lipinski definition) is 0. The SMILES string of the molecule is C=Cc1ccccc1.CCC1CCCCC1. The van der Waals surface area contributed by atoms with Crippen molar-refractivity contribution in [2.45, 2.75) is 45.4 Å². The molecule has 88 valence electrons. The summed E-state index contributed by atoms with van der Waals surface area (Å²) in [6.45, 7) is 5.95. The number of rotatable bonds is 2. The largest absolute Gasteiger partial charge is 0.0985 e. The Balaban J connectivity index is 0.000000160. The summed E-state index contributed by atoms with van der Waals surface area (Å²) >= 11 is 0. The van der Waals surface area contributed by atoms with E-state index in [-0.39, 0.29) is 0 Å². The van der Waals surface area contributed by atoms with E-state index in [1.807, 2.05) is 36.4 Å². The average molecular weight is 216 g/mol. The number of hydrogen-bond donors (Lipinski definition) is 0. The normalized spacial score (nSPS) is 16.1. The molecule has 0 saturated heterocycles. The third kappa shape index (κ3) is 5.16. The predicted octanol–water partition coefficient (Wildman–Crippen LogP) is 5.31. The van der Waals surface area contributed by atoms with Gasteiger partial charge in [-0.1, -0.05) is 88.4 Å². The lowest BCUT2D eigenvalue weighted by molar-refractivity contribution is 0.349. The van der Waals surface area contributed by atoms with Crippen molar-refractivity contribution in [1.29, 1.82) is 0 Å². The molecule has 0 spiro atoms. The lowest BCUT2D eigenvalue weighted by Gasteiger charge is -2.18. The Morgan fingerprint density at radius 1 is 1.12 bits per heavy atom. The Labute approximate surface area is 100 Å². The molecule has 0 atom stereocenters. The van der Waals surface area contributed by atoms with Crippen molar-refractivity contribution in [1.82, 2.24) is 0 Å². The molecule has 0 aromatic heterocycles. The van der Waals surface area contributed by atoms with Gasteiger partial charge in [0.1, 0.15) is 0 Å². The Kier molecular flexibility index (Phi) is 6.64. The predicted molar refractivity (Wildman–Crippen MR) is 73.4 cm³/mol. The summed E-state index contributed by atoms with van der Waals surface area (Å²) in [6.07, 6.45) is 10.8. The van der Waals surface area contributed by atoms with Gasteiger partial charge in [-0.05, 0) is 11.5 Å². The van der Waals surface area contributed by atoms with E-state index in [0.717, 1.165) is 5.92 Å². The first-order valence-corrected chi connectivity index (χ1v) is 6.54. The van der Waals surface area contributed by atoms with Crippen LogP contribution in [0.5, 0.6) is 0 Å². The van der Waals surface area contributed by atoms with E-state index in [4.69, 9.17) is 0 Å². The molecule has 0 heteroatoms. The Morgan fingerprint density at radius 3 is 2.12 bits per heavy atom. The minimum atomic E-state index is 1.09. The zero-order valence-electron chi connectivity index (χ0n) is 10.5. The van der Waals surface area contributed by atoms with Crippen LogP contribution in [0.4, 0.5) is 0 Å². The molecule has 0 unspecified atom stereocenters. The van der Waals surface area contributed by atoms with Gasteiger partial charge < -0.3 is 0 Å². The van der Waals surface area contributed by atoms with E-state index in [1.165, 1.54) is 44.1 Å². The highest BCUT2D eigenvalue weighted by molar-refractivity contribution is 5.45. The van der Waals surface area contributed by atoms with E-state index in [0.29, 0.717) is 0 Å². The van der Waals surface area contributed by atoms with Crippen molar-refractivity contribution in [3.8, 4) is 0 Å². The van der Waals surface area contributed by atoms with Crippen LogP contribution in [-0.4, -0.2) is 0 Å². The van der Waals surface area contributed by atoms with Crippen LogP contribution in [0.15, 0.2) is 36.9 Å². The van der Waals surface area contributed by atoms with Gasteiger partial charge in [0, 0.05) is 0 Å². The molecule has 1 aromatic rings. The van der Waals surface area contributed by atoms with Gasteiger partial charge in [0.2, 0.25) is 0 Å². The van der Waals surface area contributed by atoms with Crippen LogP contribution in [0, 0.1) is 5.92 Å². The highest BCUT2D eigenvalue weighted by atomic mass is 14.2. The van der Waals surface area contributed by atoms with E-state index < -0.39 is 0 Å². The summed E-state index contributed by atoms with van der Waals surface area (Å²) in [4.78, 5) is 0. The summed E-state index contributed by atoms with van der Waals surface area (Å²) in [7, 11) is 0. The minimum Gasteiger partial charge on any atom is -0.0985 e. The minimum absolute atomic E-state index is 1.09. The molecule has 1 aliphatic rings. The van der Waals surface area contributed by atoms with Crippen LogP contribution in [0.3, 0.4) is 0 Å². The first kappa shape index (κ1) is 13.0. The summed E-state index contributed by atoms with van der Waals surface area (Å²) in [5.74, 6) is 1.09. The van der Waals surface area contributed by atoms with Crippen LogP contribution >= 0.6 is 0 Å². The van der Waals surface area contributed by atoms with Crippen molar-refractivity contribution < 1.29 is 0 Å². The molecular formula is C16H24. The zero-order valence-corrected chi connectivity index (χ0v) is 10.5. The third-order valence-electron chi connectivity index (χ3n) is 3.34. The van der Waals surface area contributed by atoms with Crippen molar-refractivity contribution in [3.05, 3.63) is 42.5 Å². The van der Waals surface area contributed by atoms with Gasteiger partial charge in [0.15, 0.2) is 0 Å². The fraction of sp³-hybridized carbons (Fsp3) is 0.500. The van der Waals surface area contributed by atoms with Crippen molar-refractivity contribution in [2.75, 3.05) is 0 Å². The van der Waals surface area contributed by atoms with Gasteiger partial charge in [-0.2, -0.15) is 0 Å². The van der Waals surface area contributed by atoms with Gasteiger partial charge in [-0.15, -0.1) is 0 Å². The highest BCUT2D eigenvalue weighted by Crippen LogP contribution is 2.25. The number of benzene rings is 1. The molecule has 1 aliphatic carbocycles. The fourth-order valence-corrected chi connectivity index (χ4v) is 2.18. The highest BCUT2D eigenvalue weighted by Gasteiger charge is 2.09. The molecule has 0 nitrogen and oxygen atoms in total. The average Bonchev–Trinajstić information content (AvgIpc) is 2.41. The van der Waals surface area contributed by atoms with Crippen LogP contribution in [-0.2, 0) is 0 Å². The molecule has 1 fully saturated rings. The molecule has 0 aliphatic heterocycles. The third-order valence-corrected chi connectivity index (χ3v) is 3.34. The van der Waals surface area contributed by atoms with E-state index in [2.05, 4.69) is 13.5 Å². The van der Waals surface area contributed by atoms with E-state index in [9.17, 15) is 0 Å². The van der Waals surface area contributed by atoms with Gasteiger partial charge in [0.25, 0.3) is 0 Å². The van der Waals surface area contributed by atoms with Gasteiger partial charge in [0.05, 0.1) is 0 Å². The maximum Gasteiger partial charge on any atom is -0.0263 e. The molecule has 0 N–H and O–H groups in total. The first-order chi connectivity index (χ1) is 7.86. The molecule has 16 heavy (non-hydrogen) atoms. The zero-order chi connectivity index (χ0) is 11.6. The lowest BCUT2D eigenvalue weighted by Crippen LogP contribution is -2.03. The standard InChI is InChI=1S/C8H16.C8H8/c2*1-2-8-6-4-3-5-7-8/h8H,2-7H2,1H3;2-7H,1H2. The molecule has 0 radical (unpaired) electrons. The first-order valence-electron chi connectivity index (χ1n) is 6.54. The second-order valence-corrected chi connectivity index (χ2v) is 4.53. The quantitative estimate of drug-likeness (QED) is 0.628. The summed E-state index contributed by atoms with van der Waals surface area (Å²) in [5, 5.41) is 0. The second-order valence-electron chi connectivity index (χ2n) is 4.53. The Morgan fingerprint density at radius 2 is 1.75 bits per heavy atom. The molecule has 2 rings (SSSR count). The van der Waals surface area contributed by atoms with Crippen molar-refractivity contribution in [2.24, 2.45) is 5.92 Å². The molecule has 0 heterocycles. The summed E-state index contributed by atoms with van der Waals surface area (Å²) in [6, 6.07) is 10.0.